The second kappa shape index (κ2) is 8.48. The monoisotopic (exact) mass is 427 g/mol. The van der Waals surface area contributed by atoms with Gasteiger partial charge in [-0.05, 0) is 6.92 Å². The molecule has 0 saturated carbocycles. The summed E-state index contributed by atoms with van der Waals surface area (Å²) in [6.45, 7) is 1.29. The zero-order chi connectivity index (χ0) is 20.3. The van der Waals surface area contributed by atoms with Gasteiger partial charge in [0.2, 0.25) is 6.61 Å². The SMILES string of the molecule is C[C@H]1OC(=O)C2=C1CS[C@@H](CNC(=O)/C(=N\OCC(=O)O)c1csc(N)n1)N2. The molecule has 13 heteroatoms. The van der Waals surface area contributed by atoms with Gasteiger partial charge >= 0.3 is 11.9 Å². The molecule has 2 atom stereocenters. The van der Waals surface area contributed by atoms with Crippen LogP contribution in [0.4, 0.5) is 5.13 Å². The van der Waals surface area contributed by atoms with E-state index >= 15 is 0 Å². The Hall–Kier alpha value is -2.80. The summed E-state index contributed by atoms with van der Waals surface area (Å²) in [6.07, 6.45) is -0.252. The molecule has 0 spiro atoms. The zero-order valence-corrected chi connectivity index (χ0v) is 16.3. The highest BCUT2D eigenvalue weighted by Crippen LogP contribution is 2.30. The minimum atomic E-state index is -1.23. The minimum Gasteiger partial charge on any atom is -0.479 e. The number of nitrogens with zero attached hydrogens (tertiary/aromatic N) is 2. The van der Waals surface area contributed by atoms with E-state index in [4.69, 9.17) is 15.6 Å². The number of carboxylic acid groups (broad SMARTS) is 1. The molecule has 28 heavy (non-hydrogen) atoms. The Bertz CT molecular complexity index is 867. The van der Waals surface area contributed by atoms with Crippen LogP contribution in [-0.2, 0) is 24.0 Å². The highest BCUT2D eigenvalue weighted by molar-refractivity contribution is 8.00. The average Bonchev–Trinajstić information content (AvgIpc) is 3.19. The molecule has 5 N–H and O–H groups in total. The lowest BCUT2D eigenvalue weighted by Crippen LogP contribution is -2.44. The van der Waals surface area contributed by atoms with E-state index in [1.54, 1.807) is 0 Å². The van der Waals surface area contributed by atoms with Crippen LogP contribution in [0.5, 0.6) is 0 Å². The summed E-state index contributed by atoms with van der Waals surface area (Å²) in [7, 11) is 0. The number of carboxylic acids is 1. The van der Waals surface area contributed by atoms with Crippen molar-refractivity contribution in [3.05, 3.63) is 22.3 Å². The number of carbonyl (C=O) groups excluding carboxylic acids is 2. The Morgan fingerprint density at radius 2 is 2.36 bits per heavy atom. The molecule has 1 aromatic rings. The minimum absolute atomic E-state index is 0.174. The third kappa shape index (κ3) is 4.54. The number of anilines is 1. The molecule has 0 fully saturated rings. The van der Waals surface area contributed by atoms with Crippen molar-refractivity contribution < 1.29 is 29.1 Å². The zero-order valence-electron chi connectivity index (χ0n) is 14.6. The van der Waals surface area contributed by atoms with Crippen molar-refractivity contribution in [2.24, 2.45) is 5.16 Å². The molecule has 0 bridgehead atoms. The van der Waals surface area contributed by atoms with E-state index in [0.29, 0.717) is 11.4 Å². The van der Waals surface area contributed by atoms with Gasteiger partial charge in [0.25, 0.3) is 5.91 Å². The fourth-order valence-corrected chi connectivity index (χ4v) is 4.20. The third-order valence-corrected chi connectivity index (χ3v) is 5.66. The number of amides is 1. The Morgan fingerprint density at radius 1 is 1.57 bits per heavy atom. The summed E-state index contributed by atoms with van der Waals surface area (Å²) < 4.78 is 5.17. The number of esters is 1. The van der Waals surface area contributed by atoms with E-state index in [1.807, 2.05) is 6.92 Å². The Labute approximate surface area is 167 Å². The predicted molar refractivity (Wildman–Crippen MR) is 102 cm³/mol. The molecule has 0 saturated heterocycles. The number of thioether (sulfide) groups is 1. The van der Waals surface area contributed by atoms with Crippen molar-refractivity contribution in [1.82, 2.24) is 15.6 Å². The number of nitrogen functional groups attached to an aromatic ring is 1. The first-order chi connectivity index (χ1) is 13.3. The number of nitrogens with one attached hydrogen (secondary N) is 2. The second-order valence-electron chi connectivity index (χ2n) is 5.78. The van der Waals surface area contributed by atoms with Crippen molar-refractivity contribution in [2.45, 2.75) is 18.4 Å². The standard InChI is InChI=1S/C15H17N5O6S2/c1-6-7-4-27-9(19-11(7)14(24)26-6)2-17-13(23)12(20-25-3-10(21)22)8-5-28-15(16)18-8/h5-6,9,19H,2-4H2,1H3,(H2,16,18)(H,17,23)(H,21,22)/b20-12-/t6-,9+/m1/s1. The van der Waals surface area contributed by atoms with Crippen molar-refractivity contribution >= 4 is 51.8 Å². The highest BCUT2D eigenvalue weighted by atomic mass is 32.2. The van der Waals surface area contributed by atoms with Crippen molar-refractivity contribution in [3.8, 4) is 0 Å². The maximum atomic E-state index is 12.5. The highest BCUT2D eigenvalue weighted by Gasteiger charge is 2.36. The summed E-state index contributed by atoms with van der Waals surface area (Å²) >= 11 is 2.63. The molecule has 1 aromatic heterocycles. The van der Waals surface area contributed by atoms with Gasteiger partial charge in [0.1, 0.15) is 17.5 Å². The van der Waals surface area contributed by atoms with Crippen LogP contribution >= 0.6 is 23.1 Å². The molecule has 150 valence electrons. The number of rotatable bonds is 7. The van der Waals surface area contributed by atoms with Gasteiger partial charge in [-0.1, -0.05) is 5.16 Å². The summed E-state index contributed by atoms with van der Waals surface area (Å²) in [4.78, 5) is 43.6. The molecule has 0 radical (unpaired) electrons. The second-order valence-corrected chi connectivity index (χ2v) is 7.86. The van der Waals surface area contributed by atoms with Gasteiger partial charge in [-0.2, -0.15) is 0 Å². The molecular weight excluding hydrogens is 410 g/mol. The van der Waals surface area contributed by atoms with Crippen molar-refractivity contribution in [3.63, 3.8) is 0 Å². The van der Waals surface area contributed by atoms with Crippen LogP contribution in [0.25, 0.3) is 0 Å². The smallest absolute Gasteiger partial charge is 0.355 e. The first-order valence-corrected chi connectivity index (χ1v) is 10.0. The molecule has 11 nitrogen and oxygen atoms in total. The van der Waals surface area contributed by atoms with E-state index in [0.717, 1.165) is 16.9 Å². The van der Waals surface area contributed by atoms with Crippen molar-refractivity contribution in [1.29, 1.82) is 0 Å². The number of carbonyl (C=O) groups is 3. The fourth-order valence-electron chi connectivity index (χ4n) is 2.49. The van der Waals surface area contributed by atoms with E-state index < -0.39 is 24.5 Å². The normalized spacial score (nSPS) is 21.6. The lowest BCUT2D eigenvalue weighted by atomic mass is 10.1. The maximum Gasteiger partial charge on any atom is 0.355 e. The first kappa shape index (κ1) is 19.9. The Kier molecular flexibility index (Phi) is 6.04. The van der Waals surface area contributed by atoms with Crippen molar-refractivity contribution in [2.75, 3.05) is 24.6 Å². The number of hydrogen-bond acceptors (Lipinski definition) is 11. The van der Waals surface area contributed by atoms with E-state index in [2.05, 4.69) is 25.6 Å². The number of aliphatic carboxylic acids is 1. The van der Waals surface area contributed by atoms with Crippen LogP contribution in [-0.4, -0.2) is 64.0 Å². The fraction of sp³-hybridized carbons (Fsp3) is 0.400. The quantitative estimate of drug-likeness (QED) is 0.253. The average molecular weight is 427 g/mol. The van der Waals surface area contributed by atoms with Crippen LogP contribution in [0.15, 0.2) is 21.8 Å². The molecule has 0 aromatic carbocycles. The third-order valence-electron chi connectivity index (χ3n) is 3.82. The van der Waals surface area contributed by atoms with Crippen LogP contribution in [0, 0.1) is 0 Å². The van der Waals surface area contributed by atoms with Gasteiger partial charge < -0.3 is 31.0 Å². The Balaban J connectivity index is 1.63. The maximum absolute atomic E-state index is 12.5. The summed E-state index contributed by atoms with van der Waals surface area (Å²) in [6, 6.07) is 0. The van der Waals surface area contributed by atoms with Gasteiger partial charge in [0.05, 0.1) is 5.37 Å². The lowest BCUT2D eigenvalue weighted by Gasteiger charge is -2.24. The molecular formula is C15H17N5O6S2. The first-order valence-electron chi connectivity index (χ1n) is 8.08. The van der Waals surface area contributed by atoms with Gasteiger partial charge in [0.15, 0.2) is 10.8 Å². The number of oxime groups is 1. The van der Waals surface area contributed by atoms with Crippen LogP contribution in [0.3, 0.4) is 0 Å². The summed E-state index contributed by atoms with van der Waals surface area (Å²) in [5.74, 6) is -1.63. The molecule has 2 aliphatic heterocycles. The number of ether oxygens (including phenoxy) is 1. The van der Waals surface area contributed by atoms with Gasteiger partial charge in [-0.3, -0.25) is 4.79 Å². The topological polar surface area (TPSA) is 165 Å². The number of nitrogens with two attached hydrogens (primary N) is 1. The van der Waals surface area contributed by atoms with Gasteiger partial charge in [0, 0.05) is 23.3 Å². The molecule has 2 aliphatic rings. The lowest BCUT2D eigenvalue weighted by molar-refractivity contribution is -0.142. The number of cyclic esters (lactones) is 1. The number of hydrogen-bond donors (Lipinski definition) is 4. The molecule has 0 unspecified atom stereocenters. The van der Waals surface area contributed by atoms with Crippen LogP contribution in [0.1, 0.15) is 12.6 Å². The molecule has 3 rings (SSSR count). The van der Waals surface area contributed by atoms with E-state index in [-0.39, 0.29) is 34.6 Å². The van der Waals surface area contributed by atoms with Gasteiger partial charge in [-0.15, -0.1) is 23.1 Å². The largest absolute Gasteiger partial charge is 0.479 e. The molecule has 3 heterocycles. The summed E-state index contributed by atoms with van der Waals surface area (Å²) in [5.41, 5.74) is 6.91. The molecule has 1 amide bonds. The van der Waals surface area contributed by atoms with E-state index in [1.165, 1.54) is 17.1 Å². The molecule has 0 aliphatic carbocycles. The van der Waals surface area contributed by atoms with Crippen LogP contribution < -0.4 is 16.4 Å². The number of thiazole rings is 1. The van der Waals surface area contributed by atoms with Crippen LogP contribution in [0.2, 0.25) is 0 Å². The van der Waals surface area contributed by atoms with Gasteiger partial charge in [-0.25, -0.2) is 14.6 Å². The Morgan fingerprint density at radius 3 is 3.04 bits per heavy atom. The summed E-state index contributed by atoms with van der Waals surface area (Å²) in [5, 5.41) is 19.5. The number of aromatic nitrogens is 1. The van der Waals surface area contributed by atoms with E-state index in [9.17, 15) is 14.4 Å². The predicted octanol–water partition coefficient (Wildman–Crippen LogP) is -0.491.